The van der Waals surface area contributed by atoms with E-state index in [0.29, 0.717) is 18.4 Å². The fraction of sp³-hybridized carbons (Fsp3) is 0.500. The number of benzene rings is 1. The maximum absolute atomic E-state index is 12.6. The Morgan fingerprint density at radius 2 is 2.00 bits per heavy atom. The number of ether oxygens (including phenoxy) is 1. The molecule has 0 saturated carbocycles. The van der Waals surface area contributed by atoms with E-state index in [9.17, 15) is 13.6 Å². The molecule has 0 aromatic heterocycles. The lowest BCUT2D eigenvalue weighted by Crippen LogP contribution is -2.41. The van der Waals surface area contributed by atoms with Crippen molar-refractivity contribution in [1.29, 1.82) is 0 Å². The number of rotatable bonds is 6. The summed E-state index contributed by atoms with van der Waals surface area (Å²) in [5.74, 6) is -0.312. The Morgan fingerprint density at radius 1 is 1.28 bits per heavy atom. The van der Waals surface area contributed by atoms with Gasteiger partial charge >= 0.3 is 6.61 Å². The van der Waals surface area contributed by atoms with Gasteiger partial charge < -0.3 is 9.64 Å². The summed E-state index contributed by atoms with van der Waals surface area (Å²) < 4.78 is 28.9. The van der Waals surface area contributed by atoms with Crippen LogP contribution in [0.1, 0.15) is 28.8 Å². The first-order chi connectivity index (χ1) is 12.0. The summed E-state index contributed by atoms with van der Waals surface area (Å²) >= 11 is 0. The number of hydrogen-bond donors (Lipinski definition) is 0. The third-order valence-corrected chi connectivity index (χ3v) is 3.73. The zero-order chi connectivity index (χ0) is 18.2. The molecule has 0 N–H and O–H groups in total. The number of carbonyl (C=O) groups excluding carboxylic acids is 1. The van der Waals surface area contributed by atoms with Crippen molar-refractivity contribution in [2.24, 2.45) is 10.2 Å². The Hall–Kier alpha value is -2.87. The number of azide groups is 2. The van der Waals surface area contributed by atoms with Crippen molar-refractivity contribution in [2.75, 3.05) is 13.1 Å². The lowest BCUT2D eigenvalue weighted by molar-refractivity contribution is -0.171. The lowest BCUT2D eigenvalue weighted by atomic mass is 10.0. The molecule has 9 nitrogen and oxygen atoms in total. The minimum atomic E-state index is -2.82. The second-order valence-corrected chi connectivity index (χ2v) is 5.35. The molecule has 1 aliphatic heterocycles. The molecule has 1 aromatic rings. The minimum Gasteiger partial charge on any atom is -0.338 e. The molecule has 1 fully saturated rings. The number of nitrogens with zero attached hydrogens (tertiary/aromatic N) is 7. The zero-order valence-electron chi connectivity index (χ0n) is 13.1. The maximum atomic E-state index is 12.6. The second-order valence-electron chi connectivity index (χ2n) is 5.35. The molecule has 0 unspecified atom stereocenters. The number of carbonyl (C=O) groups is 1. The normalized spacial score (nSPS) is 14.8. The molecule has 1 amide bonds. The monoisotopic (exact) mass is 351 g/mol. The number of likely N-dealkylation sites (tertiary alicyclic amines) is 1. The summed E-state index contributed by atoms with van der Waals surface area (Å²) in [5.41, 5.74) is 18.0. The third kappa shape index (κ3) is 5.32. The third-order valence-electron chi connectivity index (χ3n) is 3.73. The number of hydrogen-bond acceptors (Lipinski definition) is 4. The Balaban J connectivity index is 2.14. The van der Waals surface area contributed by atoms with E-state index >= 15 is 0 Å². The van der Waals surface area contributed by atoms with Gasteiger partial charge in [0.05, 0.1) is 12.6 Å². The van der Waals surface area contributed by atoms with Crippen LogP contribution < -0.4 is 0 Å². The van der Waals surface area contributed by atoms with Gasteiger partial charge in [0.1, 0.15) is 0 Å². The standard InChI is InChI=1S/C14H15F2N7O2/c15-14(16)25-12-1-3-23(4-2-12)13(24)10-5-9(8-19-21-17)6-11(7-10)20-22-18/h5-7,12,14H,1-4,8H2. The molecule has 2 rings (SSSR count). The molecule has 0 aliphatic carbocycles. The van der Waals surface area contributed by atoms with Gasteiger partial charge in [-0.3, -0.25) is 4.79 Å². The summed E-state index contributed by atoms with van der Waals surface area (Å²) in [6.07, 6.45) is 0.0641. The van der Waals surface area contributed by atoms with Gasteiger partial charge in [0.2, 0.25) is 0 Å². The van der Waals surface area contributed by atoms with Crippen LogP contribution in [-0.2, 0) is 11.3 Å². The molecular weight excluding hydrogens is 336 g/mol. The highest BCUT2D eigenvalue weighted by molar-refractivity contribution is 5.95. The van der Waals surface area contributed by atoms with Crippen LogP contribution in [0.15, 0.2) is 28.4 Å². The average molecular weight is 351 g/mol. The van der Waals surface area contributed by atoms with Crippen LogP contribution in [0.5, 0.6) is 0 Å². The van der Waals surface area contributed by atoms with Crippen LogP contribution in [0, 0.1) is 0 Å². The smallest absolute Gasteiger partial charge is 0.338 e. The predicted octanol–water partition coefficient (Wildman–Crippen LogP) is 4.28. The lowest BCUT2D eigenvalue weighted by Gasteiger charge is -2.31. The van der Waals surface area contributed by atoms with Gasteiger partial charge in [-0.05, 0) is 47.7 Å². The van der Waals surface area contributed by atoms with Crippen LogP contribution in [0.2, 0.25) is 0 Å². The van der Waals surface area contributed by atoms with Crippen molar-refractivity contribution in [2.45, 2.75) is 32.1 Å². The summed E-state index contributed by atoms with van der Waals surface area (Å²) in [5, 5.41) is 6.91. The molecule has 1 heterocycles. The Bertz CT molecular complexity index is 722. The maximum Gasteiger partial charge on any atom is 0.345 e. The van der Waals surface area contributed by atoms with E-state index in [0.717, 1.165) is 0 Å². The first-order valence-corrected chi connectivity index (χ1v) is 7.46. The minimum absolute atomic E-state index is 0.00979. The highest BCUT2D eigenvalue weighted by Crippen LogP contribution is 2.23. The molecule has 0 atom stereocenters. The van der Waals surface area contributed by atoms with E-state index in [1.165, 1.54) is 17.0 Å². The first kappa shape index (κ1) is 18.5. The van der Waals surface area contributed by atoms with Gasteiger partial charge in [-0.25, -0.2) is 0 Å². The summed E-state index contributed by atoms with van der Waals surface area (Å²) in [6, 6.07) is 4.51. The largest absolute Gasteiger partial charge is 0.345 e. The number of amides is 1. The average Bonchev–Trinajstić information content (AvgIpc) is 2.59. The van der Waals surface area contributed by atoms with Gasteiger partial charge in [-0.2, -0.15) is 8.78 Å². The van der Waals surface area contributed by atoms with Gasteiger partial charge in [-0.15, -0.1) is 0 Å². The van der Waals surface area contributed by atoms with Crippen molar-refractivity contribution < 1.29 is 18.3 Å². The Kier molecular flexibility index (Phi) is 6.53. The van der Waals surface area contributed by atoms with E-state index in [1.807, 2.05) is 0 Å². The number of piperidine rings is 1. The van der Waals surface area contributed by atoms with Gasteiger partial charge in [0, 0.05) is 34.2 Å². The van der Waals surface area contributed by atoms with Crippen molar-refractivity contribution in [3.05, 3.63) is 50.2 Å². The van der Waals surface area contributed by atoms with E-state index in [2.05, 4.69) is 24.8 Å². The molecular formula is C14H15F2N7O2. The molecule has 1 saturated heterocycles. The van der Waals surface area contributed by atoms with E-state index in [-0.39, 0.29) is 36.8 Å². The number of halogens is 2. The Morgan fingerprint density at radius 3 is 2.60 bits per heavy atom. The van der Waals surface area contributed by atoms with Crippen molar-refractivity contribution in [3.63, 3.8) is 0 Å². The quantitative estimate of drug-likeness (QED) is 0.430. The zero-order valence-corrected chi connectivity index (χ0v) is 13.1. The molecule has 0 spiro atoms. The summed E-state index contributed by atoms with van der Waals surface area (Å²) in [7, 11) is 0. The fourth-order valence-corrected chi connectivity index (χ4v) is 2.63. The SMILES string of the molecule is [N-]=[N+]=NCc1cc(N=[N+]=[N-])cc(C(=O)N2CCC(OC(F)F)CC2)c1. The van der Waals surface area contributed by atoms with Crippen LogP contribution in [0.4, 0.5) is 14.5 Å². The molecule has 132 valence electrons. The van der Waals surface area contributed by atoms with Crippen molar-refractivity contribution in [1.82, 2.24) is 4.90 Å². The predicted molar refractivity (Wildman–Crippen MR) is 84.1 cm³/mol. The highest BCUT2D eigenvalue weighted by Gasteiger charge is 2.26. The molecule has 0 radical (unpaired) electrons. The van der Waals surface area contributed by atoms with Crippen molar-refractivity contribution in [3.8, 4) is 0 Å². The fourth-order valence-electron chi connectivity index (χ4n) is 2.63. The molecule has 0 bridgehead atoms. The van der Waals surface area contributed by atoms with Crippen LogP contribution >= 0.6 is 0 Å². The van der Waals surface area contributed by atoms with Gasteiger partial charge in [0.25, 0.3) is 5.91 Å². The molecule has 1 aliphatic rings. The van der Waals surface area contributed by atoms with E-state index in [1.54, 1.807) is 6.07 Å². The number of alkyl halides is 2. The van der Waals surface area contributed by atoms with E-state index in [4.69, 9.17) is 11.1 Å². The molecule has 25 heavy (non-hydrogen) atoms. The first-order valence-electron chi connectivity index (χ1n) is 7.46. The van der Waals surface area contributed by atoms with Crippen molar-refractivity contribution >= 4 is 11.6 Å². The topological polar surface area (TPSA) is 127 Å². The van der Waals surface area contributed by atoms with Gasteiger partial charge in [0.15, 0.2) is 0 Å². The van der Waals surface area contributed by atoms with Crippen LogP contribution in [0.3, 0.4) is 0 Å². The highest BCUT2D eigenvalue weighted by atomic mass is 19.3. The summed E-state index contributed by atoms with van der Waals surface area (Å²) in [4.78, 5) is 19.5. The van der Waals surface area contributed by atoms with Gasteiger partial charge in [-0.1, -0.05) is 10.2 Å². The van der Waals surface area contributed by atoms with Crippen LogP contribution in [0.25, 0.3) is 20.9 Å². The molecule has 1 aromatic carbocycles. The van der Waals surface area contributed by atoms with Crippen LogP contribution in [-0.4, -0.2) is 36.6 Å². The Labute approximate surface area is 141 Å². The van der Waals surface area contributed by atoms with E-state index < -0.39 is 12.7 Å². The molecule has 11 heteroatoms. The second kappa shape index (κ2) is 8.84. The summed E-state index contributed by atoms with van der Waals surface area (Å²) in [6.45, 7) is -2.24.